The SMILES string of the molecule is CCN1CCc2nc(-c3ccccc3C)nc(CN)c2C1.Cl.Cl. The Morgan fingerprint density at radius 2 is 1.91 bits per heavy atom. The summed E-state index contributed by atoms with van der Waals surface area (Å²) < 4.78 is 0. The van der Waals surface area contributed by atoms with Crippen LogP contribution in [0.15, 0.2) is 24.3 Å². The minimum absolute atomic E-state index is 0. The third-order valence-electron chi connectivity index (χ3n) is 4.25. The van der Waals surface area contributed by atoms with E-state index in [0.717, 1.165) is 43.1 Å². The van der Waals surface area contributed by atoms with E-state index in [0.29, 0.717) is 6.54 Å². The summed E-state index contributed by atoms with van der Waals surface area (Å²) >= 11 is 0. The van der Waals surface area contributed by atoms with Crippen LogP contribution in [-0.4, -0.2) is 28.0 Å². The van der Waals surface area contributed by atoms with Crippen LogP contribution in [0.5, 0.6) is 0 Å². The zero-order chi connectivity index (χ0) is 14.8. The van der Waals surface area contributed by atoms with E-state index in [9.17, 15) is 0 Å². The van der Waals surface area contributed by atoms with Crippen LogP contribution in [0.25, 0.3) is 11.4 Å². The number of hydrogen-bond acceptors (Lipinski definition) is 4. The molecular formula is C17H24Cl2N4. The third kappa shape index (κ3) is 4.01. The van der Waals surface area contributed by atoms with Gasteiger partial charge in [-0.3, -0.25) is 4.90 Å². The second kappa shape index (κ2) is 8.60. The van der Waals surface area contributed by atoms with E-state index >= 15 is 0 Å². The molecule has 1 aliphatic rings. The van der Waals surface area contributed by atoms with Gasteiger partial charge in [0.15, 0.2) is 5.82 Å². The summed E-state index contributed by atoms with van der Waals surface area (Å²) in [5, 5.41) is 0. The number of nitrogens with zero attached hydrogens (tertiary/aromatic N) is 3. The largest absolute Gasteiger partial charge is 0.325 e. The van der Waals surface area contributed by atoms with Crippen LogP contribution in [0.3, 0.4) is 0 Å². The van der Waals surface area contributed by atoms with Crippen molar-refractivity contribution < 1.29 is 0 Å². The lowest BCUT2D eigenvalue weighted by atomic mass is 10.0. The maximum Gasteiger partial charge on any atom is 0.159 e. The number of benzene rings is 1. The topological polar surface area (TPSA) is 55.0 Å². The Hall–Kier alpha value is -1.20. The van der Waals surface area contributed by atoms with E-state index < -0.39 is 0 Å². The number of aryl methyl sites for hydroxylation is 1. The van der Waals surface area contributed by atoms with Gasteiger partial charge in [0.25, 0.3) is 0 Å². The number of hydrogen-bond donors (Lipinski definition) is 1. The van der Waals surface area contributed by atoms with Gasteiger partial charge in [0.1, 0.15) is 0 Å². The smallest absolute Gasteiger partial charge is 0.159 e. The van der Waals surface area contributed by atoms with Gasteiger partial charge in [-0.2, -0.15) is 0 Å². The lowest BCUT2D eigenvalue weighted by Gasteiger charge is -2.28. The first-order valence-electron chi connectivity index (χ1n) is 7.60. The summed E-state index contributed by atoms with van der Waals surface area (Å²) in [4.78, 5) is 12.0. The lowest BCUT2D eigenvalue weighted by Crippen LogP contribution is -2.32. The van der Waals surface area contributed by atoms with Crippen LogP contribution in [0.2, 0.25) is 0 Å². The van der Waals surface area contributed by atoms with Gasteiger partial charge < -0.3 is 5.73 Å². The van der Waals surface area contributed by atoms with Gasteiger partial charge in [-0.05, 0) is 19.0 Å². The number of nitrogens with two attached hydrogens (primary N) is 1. The van der Waals surface area contributed by atoms with E-state index in [-0.39, 0.29) is 24.8 Å². The molecule has 0 unspecified atom stereocenters. The highest BCUT2D eigenvalue weighted by Gasteiger charge is 2.21. The van der Waals surface area contributed by atoms with Crippen molar-refractivity contribution in [3.8, 4) is 11.4 Å². The quantitative estimate of drug-likeness (QED) is 0.919. The minimum atomic E-state index is 0. The van der Waals surface area contributed by atoms with Crippen molar-refractivity contribution in [3.63, 3.8) is 0 Å². The molecule has 0 radical (unpaired) electrons. The zero-order valence-electron chi connectivity index (χ0n) is 13.6. The highest BCUT2D eigenvalue weighted by molar-refractivity contribution is 5.85. The highest BCUT2D eigenvalue weighted by Crippen LogP contribution is 2.25. The van der Waals surface area contributed by atoms with E-state index in [1.54, 1.807) is 0 Å². The number of halogens is 2. The lowest BCUT2D eigenvalue weighted by molar-refractivity contribution is 0.264. The van der Waals surface area contributed by atoms with Crippen molar-refractivity contribution in [1.82, 2.24) is 14.9 Å². The van der Waals surface area contributed by atoms with Crippen LogP contribution in [0.4, 0.5) is 0 Å². The third-order valence-corrected chi connectivity index (χ3v) is 4.25. The monoisotopic (exact) mass is 354 g/mol. The molecule has 2 heterocycles. The fourth-order valence-electron chi connectivity index (χ4n) is 2.92. The Morgan fingerprint density at radius 3 is 2.57 bits per heavy atom. The summed E-state index contributed by atoms with van der Waals surface area (Å²) in [6.45, 7) is 7.81. The van der Waals surface area contributed by atoms with Crippen LogP contribution >= 0.6 is 24.8 Å². The number of likely N-dealkylation sites (N-methyl/N-ethyl adjacent to an activating group) is 1. The molecule has 1 aromatic carbocycles. The van der Waals surface area contributed by atoms with E-state index in [4.69, 9.17) is 15.7 Å². The van der Waals surface area contributed by atoms with Gasteiger partial charge in [-0.25, -0.2) is 9.97 Å². The minimum Gasteiger partial charge on any atom is -0.325 e. The molecule has 1 aliphatic heterocycles. The molecule has 6 heteroatoms. The first kappa shape index (κ1) is 19.8. The standard InChI is InChI=1S/C17H22N4.2ClH/c1-3-21-9-8-15-14(11-21)16(10-18)20-17(19-15)13-7-5-4-6-12(13)2;;/h4-7H,3,8-11,18H2,1-2H3;2*1H. The number of rotatable bonds is 3. The predicted octanol–water partition coefficient (Wildman–Crippen LogP) is 3.13. The fraction of sp³-hybridized carbons (Fsp3) is 0.412. The number of aromatic nitrogens is 2. The van der Waals surface area contributed by atoms with Gasteiger partial charge >= 0.3 is 0 Å². The molecule has 0 saturated heterocycles. The van der Waals surface area contributed by atoms with Gasteiger partial charge in [0.2, 0.25) is 0 Å². The van der Waals surface area contributed by atoms with Crippen molar-refractivity contribution in [2.24, 2.45) is 5.73 Å². The molecule has 126 valence electrons. The van der Waals surface area contributed by atoms with Gasteiger partial charge in [-0.15, -0.1) is 24.8 Å². The Balaban J connectivity index is 0.00000132. The Kier molecular flexibility index (Phi) is 7.42. The van der Waals surface area contributed by atoms with E-state index in [2.05, 4.69) is 30.9 Å². The highest BCUT2D eigenvalue weighted by atomic mass is 35.5. The van der Waals surface area contributed by atoms with Gasteiger partial charge in [0.05, 0.1) is 11.4 Å². The van der Waals surface area contributed by atoms with Crippen LogP contribution in [-0.2, 0) is 19.5 Å². The Labute approximate surface area is 150 Å². The van der Waals surface area contributed by atoms with Crippen LogP contribution in [0.1, 0.15) is 29.4 Å². The zero-order valence-corrected chi connectivity index (χ0v) is 15.2. The van der Waals surface area contributed by atoms with E-state index in [1.807, 2.05) is 12.1 Å². The molecule has 3 rings (SSSR count). The molecule has 2 N–H and O–H groups in total. The molecule has 1 aromatic heterocycles. The Morgan fingerprint density at radius 1 is 1.17 bits per heavy atom. The maximum atomic E-state index is 5.94. The summed E-state index contributed by atoms with van der Waals surface area (Å²) in [5.41, 5.74) is 11.7. The van der Waals surface area contributed by atoms with E-state index in [1.165, 1.54) is 16.8 Å². The molecule has 0 bridgehead atoms. The van der Waals surface area contributed by atoms with Crippen molar-refractivity contribution in [2.75, 3.05) is 13.1 Å². The predicted molar refractivity (Wildman–Crippen MR) is 99.2 cm³/mol. The van der Waals surface area contributed by atoms with Crippen molar-refractivity contribution in [2.45, 2.75) is 33.4 Å². The molecule has 0 amide bonds. The molecule has 0 atom stereocenters. The van der Waals surface area contributed by atoms with Crippen LogP contribution < -0.4 is 5.73 Å². The molecule has 23 heavy (non-hydrogen) atoms. The Bertz CT molecular complexity index is 644. The van der Waals surface area contributed by atoms with Gasteiger partial charge in [-0.1, -0.05) is 31.2 Å². The first-order chi connectivity index (χ1) is 10.2. The van der Waals surface area contributed by atoms with Gasteiger partial charge in [0, 0.05) is 37.2 Å². The summed E-state index contributed by atoms with van der Waals surface area (Å²) in [7, 11) is 0. The average Bonchev–Trinajstić information content (AvgIpc) is 2.53. The molecule has 0 fully saturated rings. The molecule has 2 aromatic rings. The summed E-state index contributed by atoms with van der Waals surface area (Å²) in [6.07, 6.45) is 0.984. The number of fused-ring (bicyclic) bond motifs is 1. The molecule has 0 spiro atoms. The molecule has 4 nitrogen and oxygen atoms in total. The van der Waals surface area contributed by atoms with Crippen LogP contribution in [0, 0.1) is 6.92 Å². The molecule has 0 aliphatic carbocycles. The van der Waals surface area contributed by atoms with Crippen molar-refractivity contribution >= 4 is 24.8 Å². The van der Waals surface area contributed by atoms with Crippen molar-refractivity contribution in [3.05, 3.63) is 46.8 Å². The average molecular weight is 355 g/mol. The second-order valence-electron chi connectivity index (χ2n) is 5.56. The molecular weight excluding hydrogens is 331 g/mol. The van der Waals surface area contributed by atoms with Crippen molar-refractivity contribution in [1.29, 1.82) is 0 Å². The molecule has 0 saturated carbocycles. The normalized spacial score (nSPS) is 13.7. The second-order valence-corrected chi connectivity index (χ2v) is 5.56. The summed E-state index contributed by atoms with van der Waals surface area (Å²) in [6, 6.07) is 8.25. The summed E-state index contributed by atoms with van der Waals surface area (Å²) in [5.74, 6) is 0.817. The maximum absolute atomic E-state index is 5.94. The fourth-order valence-corrected chi connectivity index (χ4v) is 2.92. The first-order valence-corrected chi connectivity index (χ1v) is 7.60.